The Morgan fingerprint density at radius 3 is 2.28 bits per heavy atom. The van der Waals surface area contributed by atoms with Crippen LogP contribution in [0.25, 0.3) is 0 Å². The predicted octanol–water partition coefficient (Wildman–Crippen LogP) is 2.22. The number of rotatable bonds is 6. The van der Waals surface area contributed by atoms with Crippen molar-refractivity contribution in [1.82, 2.24) is 20.0 Å². The summed E-state index contributed by atoms with van der Waals surface area (Å²) in [6.45, 7) is 17.4. The molecular formula is C21H36N4. The third-order valence-electron chi connectivity index (χ3n) is 5.96. The summed E-state index contributed by atoms with van der Waals surface area (Å²) in [6.07, 6.45) is 1.12. The SMILES string of the molecule is CCc1ccc(C(CN2CCN(CC)CC2)N2CCNC(C)C2)cc1. The molecule has 25 heavy (non-hydrogen) atoms. The largest absolute Gasteiger partial charge is 0.312 e. The second-order valence-electron chi connectivity index (χ2n) is 7.70. The summed E-state index contributed by atoms with van der Waals surface area (Å²) in [5.74, 6) is 0. The number of hydrogen-bond acceptors (Lipinski definition) is 4. The Labute approximate surface area is 154 Å². The van der Waals surface area contributed by atoms with Gasteiger partial charge in [-0.2, -0.15) is 0 Å². The van der Waals surface area contributed by atoms with Gasteiger partial charge in [-0.3, -0.25) is 9.80 Å². The van der Waals surface area contributed by atoms with Crippen molar-refractivity contribution < 1.29 is 0 Å². The molecule has 0 radical (unpaired) electrons. The Bertz CT molecular complexity index is 507. The number of nitrogens with zero attached hydrogens (tertiary/aromatic N) is 3. The highest BCUT2D eigenvalue weighted by atomic mass is 15.3. The van der Waals surface area contributed by atoms with Crippen molar-refractivity contribution in [2.45, 2.75) is 39.3 Å². The predicted molar refractivity (Wildman–Crippen MR) is 106 cm³/mol. The molecule has 140 valence electrons. The highest BCUT2D eigenvalue weighted by Crippen LogP contribution is 2.24. The normalized spacial score (nSPS) is 25.2. The van der Waals surface area contributed by atoms with Crippen LogP contribution >= 0.6 is 0 Å². The van der Waals surface area contributed by atoms with Crippen LogP contribution < -0.4 is 5.32 Å². The third-order valence-corrected chi connectivity index (χ3v) is 5.96. The highest BCUT2D eigenvalue weighted by Gasteiger charge is 2.28. The first-order chi connectivity index (χ1) is 12.2. The zero-order valence-electron chi connectivity index (χ0n) is 16.4. The van der Waals surface area contributed by atoms with Crippen LogP contribution in [0.1, 0.15) is 37.9 Å². The van der Waals surface area contributed by atoms with E-state index < -0.39 is 0 Å². The Kier molecular flexibility index (Phi) is 6.88. The molecule has 0 amide bonds. The number of benzene rings is 1. The Morgan fingerprint density at radius 2 is 1.68 bits per heavy atom. The van der Waals surface area contributed by atoms with Gasteiger partial charge in [0.1, 0.15) is 0 Å². The van der Waals surface area contributed by atoms with E-state index in [1.165, 1.54) is 43.9 Å². The maximum atomic E-state index is 3.59. The van der Waals surface area contributed by atoms with Gasteiger partial charge in [0, 0.05) is 64.4 Å². The first-order valence-electron chi connectivity index (χ1n) is 10.2. The van der Waals surface area contributed by atoms with Crippen molar-refractivity contribution in [2.24, 2.45) is 0 Å². The summed E-state index contributed by atoms with van der Waals surface area (Å²) in [6, 6.07) is 10.5. The molecule has 2 saturated heterocycles. The molecule has 4 heteroatoms. The number of hydrogen-bond donors (Lipinski definition) is 1. The minimum atomic E-state index is 0.517. The maximum Gasteiger partial charge on any atom is 0.0476 e. The van der Waals surface area contributed by atoms with Gasteiger partial charge in [-0.05, 0) is 31.0 Å². The van der Waals surface area contributed by atoms with Crippen molar-refractivity contribution in [3.8, 4) is 0 Å². The lowest BCUT2D eigenvalue weighted by atomic mass is 10.00. The number of nitrogens with one attached hydrogen (secondary N) is 1. The molecule has 2 fully saturated rings. The molecule has 0 bridgehead atoms. The fourth-order valence-corrected chi connectivity index (χ4v) is 4.19. The van der Waals surface area contributed by atoms with Crippen LogP contribution in [-0.2, 0) is 6.42 Å². The van der Waals surface area contributed by atoms with E-state index in [1.54, 1.807) is 0 Å². The molecule has 2 atom stereocenters. The molecule has 2 aliphatic rings. The molecule has 1 aromatic rings. The molecule has 0 saturated carbocycles. The highest BCUT2D eigenvalue weighted by molar-refractivity contribution is 5.25. The van der Waals surface area contributed by atoms with E-state index >= 15 is 0 Å². The molecule has 4 nitrogen and oxygen atoms in total. The maximum absolute atomic E-state index is 3.59. The van der Waals surface area contributed by atoms with E-state index in [0.717, 1.165) is 32.6 Å². The van der Waals surface area contributed by atoms with Gasteiger partial charge in [0.05, 0.1) is 0 Å². The van der Waals surface area contributed by atoms with E-state index in [0.29, 0.717) is 12.1 Å². The average Bonchev–Trinajstić information content (AvgIpc) is 2.67. The number of piperazine rings is 2. The topological polar surface area (TPSA) is 21.8 Å². The van der Waals surface area contributed by atoms with Crippen LogP contribution in [0, 0.1) is 0 Å². The van der Waals surface area contributed by atoms with E-state index in [9.17, 15) is 0 Å². The molecule has 1 aromatic carbocycles. The molecule has 1 N–H and O–H groups in total. The quantitative estimate of drug-likeness (QED) is 0.854. The zero-order chi connectivity index (χ0) is 17.6. The first kappa shape index (κ1) is 18.8. The van der Waals surface area contributed by atoms with Crippen molar-refractivity contribution in [3.63, 3.8) is 0 Å². The Balaban J connectivity index is 1.71. The van der Waals surface area contributed by atoms with Gasteiger partial charge in [0.15, 0.2) is 0 Å². The van der Waals surface area contributed by atoms with Crippen LogP contribution in [-0.4, -0.2) is 79.6 Å². The summed E-state index contributed by atoms with van der Waals surface area (Å²) >= 11 is 0. The van der Waals surface area contributed by atoms with Crippen LogP contribution in [0.5, 0.6) is 0 Å². The second-order valence-corrected chi connectivity index (χ2v) is 7.70. The standard InChI is InChI=1S/C21H36N4/c1-4-19-6-8-20(9-7-19)21(25-11-10-22-18(3)16-25)17-24-14-12-23(5-2)13-15-24/h6-9,18,21-22H,4-5,10-17H2,1-3H3. The minimum absolute atomic E-state index is 0.517. The van der Waals surface area contributed by atoms with Crippen molar-refractivity contribution >= 4 is 0 Å². The molecule has 3 rings (SSSR count). The van der Waals surface area contributed by atoms with Crippen molar-refractivity contribution in [3.05, 3.63) is 35.4 Å². The fourth-order valence-electron chi connectivity index (χ4n) is 4.19. The number of aryl methyl sites for hydroxylation is 1. The van der Waals surface area contributed by atoms with E-state index in [1.807, 2.05) is 0 Å². The smallest absolute Gasteiger partial charge is 0.0476 e. The molecular weight excluding hydrogens is 308 g/mol. The van der Waals surface area contributed by atoms with Gasteiger partial charge in [0.25, 0.3) is 0 Å². The van der Waals surface area contributed by atoms with Gasteiger partial charge in [0.2, 0.25) is 0 Å². The number of likely N-dealkylation sites (N-methyl/N-ethyl adjacent to an activating group) is 1. The molecule has 0 aliphatic carbocycles. The van der Waals surface area contributed by atoms with E-state index in [-0.39, 0.29) is 0 Å². The summed E-state index contributed by atoms with van der Waals surface area (Å²) in [4.78, 5) is 7.94. The van der Waals surface area contributed by atoms with Crippen LogP contribution in [0.4, 0.5) is 0 Å². The second kappa shape index (κ2) is 9.13. The van der Waals surface area contributed by atoms with E-state index in [2.05, 4.69) is 65.1 Å². The van der Waals surface area contributed by atoms with Crippen LogP contribution in [0.15, 0.2) is 24.3 Å². The van der Waals surface area contributed by atoms with Gasteiger partial charge in [-0.15, -0.1) is 0 Å². The molecule has 2 heterocycles. The third kappa shape index (κ3) is 5.04. The van der Waals surface area contributed by atoms with Gasteiger partial charge in [-0.25, -0.2) is 0 Å². The van der Waals surface area contributed by atoms with E-state index in [4.69, 9.17) is 0 Å². The Morgan fingerprint density at radius 1 is 1.00 bits per heavy atom. The lowest BCUT2D eigenvalue weighted by molar-refractivity contribution is 0.0781. The van der Waals surface area contributed by atoms with Crippen LogP contribution in [0.2, 0.25) is 0 Å². The van der Waals surface area contributed by atoms with Crippen LogP contribution in [0.3, 0.4) is 0 Å². The van der Waals surface area contributed by atoms with Crippen molar-refractivity contribution in [1.29, 1.82) is 0 Å². The molecule has 2 aliphatic heterocycles. The summed E-state index contributed by atoms with van der Waals surface area (Å²) in [5, 5.41) is 3.59. The average molecular weight is 345 g/mol. The van der Waals surface area contributed by atoms with Gasteiger partial charge >= 0.3 is 0 Å². The molecule has 2 unspecified atom stereocenters. The summed E-state index contributed by atoms with van der Waals surface area (Å²) in [7, 11) is 0. The fraction of sp³-hybridized carbons (Fsp3) is 0.714. The minimum Gasteiger partial charge on any atom is -0.312 e. The Hall–Kier alpha value is -0.940. The zero-order valence-corrected chi connectivity index (χ0v) is 16.4. The lowest BCUT2D eigenvalue weighted by Gasteiger charge is -2.42. The molecule has 0 spiro atoms. The van der Waals surface area contributed by atoms with Crippen molar-refractivity contribution in [2.75, 3.05) is 58.9 Å². The summed E-state index contributed by atoms with van der Waals surface area (Å²) in [5.41, 5.74) is 2.93. The monoisotopic (exact) mass is 344 g/mol. The lowest BCUT2D eigenvalue weighted by Crippen LogP contribution is -2.54. The summed E-state index contributed by atoms with van der Waals surface area (Å²) < 4.78 is 0. The first-order valence-corrected chi connectivity index (χ1v) is 10.2. The van der Waals surface area contributed by atoms with Gasteiger partial charge < -0.3 is 10.2 Å². The van der Waals surface area contributed by atoms with Gasteiger partial charge in [-0.1, -0.05) is 38.1 Å². The molecule has 0 aromatic heterocycles.